The Bertz CT molecular complexity index is 706. The van der Waals surface area contributed by atoms with Crippen LogP contribution < -0.4 is 0 Å². The zero-order valence-electron chi connectivity index (χ0n) is 14.2. The average Bonchev–Trinajstić information content (AvgIpc) is 3.24. The van der Waals surface area contributed by atoms with E-state index >= 15 is 0 Å². The Morgan fingerprint density at radius 1 is 1.39 bits per heavy atom. The summed E-state index contributed by atoms with van der Waals surface area (Å²) in [6, 6.07) is 0. The zero-order chi connectivity index (χ0) is 16.0. The SMILES string of the molecule is CCn1cc(CN2C[C@H]3CCC[C@@]3(c3noc(C)n3)C2)c(C)n1. The van der Waals surface area contributed by atoms with Gasteiger partial charge < -0.3 is 4.52 Å². The second-order valence-corrected chi connectivity index (χ2v) is 7.15. The zero-order valence-corrected chi connectivity index (χ0v) is 14.2. The lowest BCUT2D eigenvalue weighted by atomic mass is 9.80. The number of fused-ring (bicyclic) bond motifs is 1. The van der Waals surface area contributed by atoms with Gasteiger partial charge in [0, 0.05) is 44.9 Å². The Hall–Kier alpha value is -1.69. The topological polar surface area (TPSA) is 60.0 Å². The van der Waals surface area contributed by atoms with E-state index in [-0.39, 0.29) is 5.41 Å². The van der Waals surface area contributed by atoms with Gasteiger partial charge in [-0.2, -0.15) is 10.1 Å². The summed E-state index contributed by atoms with van der Waals surface area (Å²) in [5.41, 5.74) is 2.59. The standard InChI is InChI=1S/C17H25N5O/c1-4-22-9-14(12(2)19-22)8-21-10-15-6-5-7-17(15,11-21)16-18-13(3)23-20-16/h9,15H,4-8,10-11H2,1-3H3/t15-,17-/m1/s1. The van der Waals surface area contributed by atoms with E-state index in [0.717, 1.165) is 37.7 Å². The molecular formula is C17H25N5O. The minimum atomic E-state index is 0.104. The summed E-state index contributed by atoms with van der Waals surface area (Å²) in [5.74, 6) is 2.26. The summed E-state index contributed by atoms with van der Waals surface area (Å²) in [4.78, 5) is 7.14. The van der Waals surface area contributed by atoms with Crippen molar-refractivity contribution in [2.45, 2.75) is 58.5 Å². The summed E-state index contributed by atoms with van der Waals surface area (Å²) in [7, 11) is 0. The Balaban J connectivity index is 1.56. The molecule has 2 aromatic heterocycles. The van der Waals surface area contributed by atoms with E-state index in [4.69, 9.17) is 4.52 Å². The van der Waals surface area contributed by atoms with Crippen LogP contribution in [0, 0.1) is 19.8 Å². The second kappa shape index (κ2) is 5.44. The van der Waals surface area contributed by atoms with Crippen molar-refractivity contribution in [3.05, 3.63) is 29.2 Å². The van der Waals surface area contributed by atoms with Crippen LogP contribution in [0.1, 0.15) is 49.2 Å². The Morgan fingerprint density at radius 3 is 2.96 bits per heavy atom. The van der Waals surface area contributed by atoms with Gasteiger partial charge in [-0.05, 0) is 32.6 Å². The fraction of sp³-hybridized carbons (Fsp3) is 0.706. The first-order valence-electron chi connectivity index (χ1n) is 8.67. The first-order valence-corrected chi connectivity index (χ1v) is 8.67. The predicted molar refractivity (Wildman–Crippen MR) is 86.0 cm³/mol. The molecule has 23 heavy (non-hydrogen) atoms. The van der Waals surface area contributed by atoms with E-state index in [9.17, 15) is 0 Å². The summed E-state index contributed by atoms with van der Waals surface area (Å²) in [5, 5.41) is 8.85. The van der Waals surface area contributed by atoms with Crippen molar-refractivity contribution >= 4 is 0 Å². The largest absolute Gasteiger partial charge is 0.340 e. The predicted octanol–water partition coefficient (Wildman–Crippen LogP) is 2.46. The first-order chi connectivity index (χ1) is 11.1. The van der Waals surface area contributed by atoms with Crippen LogP contribution in [0.2, 0.25) is 0 Å². The van der Waals surface area contributed by atoms with Gasteiger partial charge >= 0.3 is 0 Å². The average molecular weight is 315 g/mol. The van der Waals surface area contributed by atoms with Gasteiger partial charge in [-0.25, -0.2) is 0 Å². The summed E-state index contributed by atoms with van der Waals surface area (Å²) < 4.78 is 7.31. The Kier molecular flexibility index (Phi) is 3.52. The number of hydrogen-bond acceptors (Lipinski definition) is 5. The fourth-order valence-electron chi connectivity index (χ4n) is 4.50. The number of rotatable bonds is 4. The van der Waals surface area contributed by atoms with Gasteiger partial charge in [-0.1, -0.05) is 11.6 Å². The minimum absolute atomic E-state index is 0.104. The molecule has 0 unspecified atom stereocenters. The maximum Gasteiger partial charge on any atom is 0.223 e. The van der Waals surface area contributed by atoms with Gasteiger partial charge in [-0.15, -0.1) is 0 Å². The van der Waals surface area contributed by atoms with E-state index in [0.29, 0.717) is 11.8 Å². The highest BCUT2D eigenvalue weighted by molar-refractivity contribution is 5.21. The van der Waals surface area contributed by atoms with Crippen molar-refractivity contribution < 1.29 is 4.52 Å². The van der Waals surface area contributed by atoms with Crippen LogP contribution in [-0.4, -0.2) is 37.9 Å². The lowest BCUT2D eigenvalue weighted by Gasteiger charge is -2.25. The monoisotopic (exact) mass is 315 g/mol. The van der Waals surface area contributed by atoms with Crippen LogP contribution in [0.15, 0.2) is 10.7 Å². The van der Waals surface area contributed by atoms with Gasteiger partial charge in [0.05, 0.1) is 11.1 Å². The normalized spacial score (nSPS) is 27.7. The number of nitrogens with zero attached hydrogens (tertiary/aromatic N) is 5. The van der Waals surface area contributed by atoms with Crippen molar-refractivity contribution in [2.75, 3.05) is 13.1 Å². The smallest absolute Gasteiger partial charge is 0.223 e. The van der Waals surface area contributed by atoms with E-state index in [1.807, 2.05) is 11.6 Å². The molecule has 124 valence electrons. The third-order valence-electron chi connectivity index (χ3n) is 5.68. The number of likely N-dealkylation sites (tertiary alicyclic amines) is 1. The molecule has 2 aliphatic rings. The minimum Gasteiger partial charge on any atom is -0.340 e. The van der Waals surface area contributed by atoms with E-state index in [1.165, 1.54) is 24.8 Å². The molecule has 0 aromatic carbocycles. The van der Waals surface area contributed by atoms with E-state index < -0.39 is 0 Å². The first kappa shape index (κ1) is 14.9. The molecule has 0 N–H and O–H groups in total. The molecule has 4 rings (SSSR count). The summed E-state index contributed by atoms with van der Waals surface area (Å²) in [6.45, 7) is 10.2. The molecule has 3 heterocycles. The van der Waals surface area contributed by atoms with Crippen molar-refractivity contribution in [1.29, 1.82) is 0 Å². The summed E-state index contributed by atoms with van der Waals surface area (Å²) in [6.07, 6.45) is 5.92. The lowest BCUT2D eigenvalue weighted by molar-refractivity contribution is 0.285. The van der Waals surface area contributed by atoms with Crippen LogP contribution in [0.25, 0.3) is 0 Å². The van der Waals surface area contributed by atoms with E-state index in [2.05, 4.69) is 40.2 Å². The molecule has 0 bridgehead atoms. The lowest BCUT2D eigenvalue weighted by Crippen LogP contribution is -2.33. The number of aryl methyl sites for hydroxylation is 3. The van der Waals surface area contributed by atoms with Crippen LogP contribution in [0.5, 0.6) is 0 Å². The fourth-order valence-corrected chi connectivity index (χ4v) is 4.50. The van der Waals surface area contributed by atoms with Crippen molar-refractivity contribution in [2.24, 2.45) is 5.92 Å². The number of aromatic nitrogens is 4. The van der Waals surface area contributed by atoms with Gasteiger partial charge in [0.15, 0.2) is 5.82 Å². The maximum absolute atomic E-state index is 5.28. The molecule has 2 fully saturated rings. The third kappa shape index (κ3) is 2.40. The molecule has 1 saturated heterocycles. The molecule has 2 atom stereocenters. The maximum atomic E-state index is 5.28. The quantitative estimate of drug-likeness (QED) is 0.867. The molecular weight excluding hydrogens is 290 g/mol. The number of hydrogen-bond donors (Lipinski definition) is 0. The second-order valence-electron chi connectivity index (χ2n) is 7.15. The highest BCUT2D eigenvalue weighted by Crippen LogP contribution is 2.49. The molecule has 6 nitrogen and oxygen atoms in total. The Labute approximate surface area is 136 Å². The highest BCUT2D eigenvalue weighted by Gasteiger charge is 2.53. The molecule has 1 aliphatic carbocycles. The van der Waals surface area contributed by atoms with Crippen molar-refractivity contribution in [3.63, 3.8) is 0 Å². The molecule has 1 saturated carbocycles. The van der Waals surface area contributed by atoms with Gasteiger partial charge in [-0.3, -0.25) is 9.58 Å². The van der Waals surface area contributed by atoms with Crippen LogP contribution in [0.4, 0.5) is 0 Å². The molecule has 0 amide bonds. The molecule has 1 aliphatic heterocycles. The van der Waals surface area contributed by atoms with Gasteiger partial charge in [0.1, 0.15) is 0 Å². The van der Waals surface area contributed by atoms with Crippen LogP contribution in [0.3, 0.4) is 0 Å². The molecule has 0 radical (unpaired) electrons. The van der Waals surface area contributed by atoms with Gasteiger partial charge in [0.25, 0.3) is 0 Å². The molecule has 0 spiro atoms. The van der Waals surface area contributed by atoms with Crippen LogP contribution >= 0.6 is 0 Å². The van der Waals surface area contributed by atoms with Gasteiger partial charge in [0.2, 0.25) is 5.89 Å². The Morgan fingerprint density at radius 2 is 2.26 bits per heavy atom. The highest BCUT2D eigenvalue weighted by atomic mass is 16.5. The van der Waals surface area contributed by atoms with E-state index in [1.54, 1.807) is 0 Å². The molecule has 2 aromatic rings. The van der Waals surface area contributed by atoms with Crippen LogP contribution in [-0.2, 0) is 18.5 Å². The summed E-state index contributed by atoms with van der Waals surface area (Å²) >= 11 is 0. The van der Waals surface area contributed by atoms with Crippen molar-refractivity contribution in [3.8, 4) is 0 Å². The van der Waals surface area contributed by atoms with Crippen molar-refractivity contribution in [1.82, 2.24) is 24.8 Å². The molecule has 6 heteroatoms. The third-order valence-corrected chi connectivity index (χ3v) is 5.68.